The molecule has 1 aliphatic rings. The summed E-state index contributed by atoms with van der Waals surface area (Å²) in [4.78, 5) is 24.8. The van der Waals surface area contributed by atoms with E-state index in [9.17, 15) is 9.59 Å². The molecule has 1 aliphatic heterocycles. The fourth-order valence-corrected chi connectivity index (χ4v) is 2.32. The molecule has 1 heterocycles. The van der Waals surface area contributed by atoms with E-state index in [0.717, 1.165) is 32.4 Å². The molecule has 0 bridgehead atoms. The predicted octanol–water partition coefficient (Wildman–Crippen LogP) is 1.93. The molecule has 5 heteroatoms. The lowest BCUT2D eigenvalue weighted by molar-refractivity contribution is -0.140. The molecule has 1 saturated heterocycles. The maximum Gasteiger partial charge on any atom is 0.326 e. The zero-order valence-corrected chi connectivity index (χ0v) is 11.5. The molecular formula is C13H24N2O3. The number of hydrogen-bond acceptors (Lipinski definition) is 2. The summed E-state index contributed by atoms with van der Waals surface area (Å²) in [5.41, 5.74) is 0. The molecule has 18 heavy (non-hydrogen) atoms. The number of nitrogens with one attached hydrogen (secondary N) is 1. The Bertz CT molecular complexity index is 305. The van der Waals surface area contributed by atoms with Gasteiger partial charge in [-0.2, -0.15) is 0 Å². The molecule has 0 radical (unpaired) electrons. The molecule has 0 aliphatic carbocycles. The lowest BCUT2D eigenvalue weighted by Crippen LogP contribution is -2.52. The Hall–Kier alpha value is -1.26. The van der Waals surface area contributed by atoms with Gasteiger partial charge in [-0.3, -0.25) is 0 Å². The van der Waals surface area contributed by atoms with E-state index in [1.165, 1.54) is 0 Å². The highest BCUT2D eigenvalue weighted by Crippen LogP contribution is 2.19. The molecule has 1 fully saturated rings. The van der Waals surface area contributed by atoms with Crippen molar-refractivity contribution in [2.45, 2.75) is 46.1 Å². The van der Waals surface area contributed by atoms with E-state index in [2.05, 4.69) is 12.2 Å². The monoisotopic (exact) mass is 256 g/mol. The summed E-state index contributed by atoms with van der Waals surface area (Å²) in [6.07, 6.45) is 3.23. The van der Waals surface area contributed by atoms with E-state index >= 15 is 0 Å². The van der Waals surface area contributed by atoms with E-state index in [1.807, 2.05) is 0 Å². The first-order chi connectivity index (χ1) is 8.45. The van der Waals surface area contributed by atoms with Crippen molar-refractivity contribution in [3.05, 3.63) is 0 Å². The Morgan fingerprint density at radius 2 is 2.11 bits per heavy atom. The third-order valence-electron chi connectivity index (χ3n) is 3.60. The van der Waals surface area contributed by atoms with Crippen molar-refractivity contribution in [2.75, 3.05) is 13.1 Å². The molecule has 0 spiro atoms. The molecule has 0 aromatic heterocycles. The maximum atomic E-state index is 12.0. The number of carbonyl (C=O) groups excluding carboxylic acids is 1. The van der Waals surface area contributed by atoms with Gasteiger partial charge in [0.05, 0.1) is 0 Å². The zero-order valence-electron chi connectivity index (χ0n) is 11.5. The third kappa shape index (κ3) is 3.89. The normalized spacial score (nSPS) is 21.8. The van der Waals surface area contributed by atoms with Crippen LogP contribution in [0.15, 0.2) is 0 Å². The minimum atomic E-state index is -0.970. The van der Waals surface area contributed by atoms with Crippen LogP contribution in [0.3, 0.4) is 0 Å². The van der Waals surface area contributed by atoms with Crippen molar-refractivity contribution in [3.63, 3.8) is 0 Å². The topological polar surface area (TPSA) is 69.6 Å². The van der Waals surface area contributed by atoms with E-state index in [1.54, 1.807) is 18.7 Å². The number of carboxylic acid groups (broad SMARTS) is 1. The first kappa shape index (κ1) is 14.8. The highest BCUT2D eigenvalue weighted by atomic mass is 16.4. The third-order valence-corrected chi connectivity index (χ3v) is 3.60. The lowest BCUT2D eigenvalue weighted by atomic mass is 9.96. The van der Waals surface area contributed by atoms with Gasteiger partial charge in [0.15, 0.2) is 0 Å². The minimum absolute atomic E-state index is 0.113. The molecule has 104 valence electrons. The number of piperidine rings is 1. The van der Waals surface area contributed by atoms with E-state index in [4.69, 9.17) is 5.11 Å². The fourth-order valence-electron chi connectivity index (χ4n) is 2.32. The average Bonchev–Trinajstić information content (AvgIpc) is 2.34. The van der Waals surface area contributed by atoms with Crippen LogP contribution in [0.1, 0.15) is 40.0 Å². The Kier molecular flexibility index (Phi) is 5.44. The molecule has 0 aromatic rings. The van der Waals surface area contributed by atoms with Gasteiger partial charge >= 0.3 is 12.0 Å². The Morgan fingerprint density at radius 3 is 2.61 bits per heavy atom. The Morgan fingerprint density at radius 1 is 1.44 bits per heavy atom. The van der Waals surface area contributed by atoms with Crippen LogP contribution >= 0.6 is 0 Å². The number of hydrogen-bond donors (Lipinski definition) is 2. The number of nitrogens with zero attached hydrogens (tertiary/aromatic N) is 1. The molecule has 1 unspecified atom stereocenters. The smallest absolute Gasteiger partial charge is 0.326 e. The molecule has 2 N–H and O–H groups in total. The second-order valence-corrected chi connectivity index (χ2v) is 5.37. The largest absolute Gasteiger partial charge is 0.480 e. The molecule has 1 rings (SSSR count). The second kappa shape index (κ2) is 6.61. The van der Waals surface area contributed by atoms with Gasteiger partial charge in [0.1, 0.15) is 6.04 Å². The number of aliphatic carboxylic acids is 1. The van der Waals surface area contributed by atoms with E-state index in [0.29, 0.717) is 5.92 Å². The summed E-state index contributed by atoms with van der Waals surface area (Å²) in [7, 11) is 0. The minimum Gasteiger partial charge on any atom is -0.480 e. The highest BCUT2D eigenvalue weighted by Gasteiger charge is 2.28. The van der Waals surface area contributed by atoms with Crippen LogP contribution in [-0.4, -0.2) is 41.1 Å². The molecule has 2 amide bonds. The Labute approximate surface area is 109 Å². The van der Waals surface area contributed by atoms with Crippen molar-refractivity contribution >= 4 is 12.0 Å². The molecule has 2 atom stereocenters. The van der Waals surface area contributed by atoms with Crippen molar-refractivity contribution in [3.8, 4) is 0 Å². The molecular weight excluding hydrogens is 232 g/mol. The predicted molar refractivity (Wildman–Crippen MR) is 69.4 cm³/mol. The second-order valence-electron chi connectivity index (χ2n) is 5.37. The zero-order chi connectivity index (χ0) is 13.7. The Balaban J connectivity index is 2.55. The highest BCUT2D eigenvalue weighted by molar-refractivity contribution is 5.82. The number of likely N-dealkylation sites (tertiary alicyclic amines) is 1. The number of rotatable bonds is 4. The standard InChI is InChI=1S/C13H24N2O3/c1-4-10-6-5-7-15(8-10)13(18)14-11(9(2)3)12(16)17/h9-11H,4-8H2,1-3H3,(H,14,18)(H,16,17)/t10?,11-/m1/s1. The van der Waals surface area contributed by atoms with Crippen LogP contribution in [0.4, 0.5) is 4.79 Å². The van der Waals surface area contributed by atoms with Gasteiger partial charge in [0.2, 0.25) is 0 Å². The van der Waals surface area contributed by atoms with Crippen molar-refractivity contribution in [1.82, 2.24) is 10.2 Å². The van der Waals surface area contributed by atoms with E-state index in [-0.39, 0.29) is 11.9 Å². The number of carbonyl (C=O) groups is 2. The van der Waals surface area contributed by atoms with E-state index < -0.39 is 12.0 Å². The van der Waals surface area contributed by atoms with Gasteiger partial charge in [0, 0.05) is 13.1 Å². The van der Waals surface area contributed by atoms with Crippen molar-refractivity contribution < 1.29 is 14.7 Å². The van der Waals surface area contributed by atoms with Gasteiger partial charge in [-0.15, -0.1) is 0 Å². The van der Waals surface area contributed by atoms with Crippen LogP contribution < -0.4 is 5.32 Å². The van der Waals surface area contributed by atoms with Crippen LogP contribution in [0.5, 0.6) is 0 Å². The number of amides is 2. The first-order valence-corrected chi connectivity index (χ1v) is 6.74. The summed E-state index contributed by atoms with van der Waals surface area (Å²) in [5, 5.41) is 11.7. The summed E-state index contributed by atoms with van der Waals surface area (Å²) in [6, 6.07) is -1.05. The van der Waals surface area contributed by atoms with Gasteiger partial charge in [-0.05, 0) is 24.7 Å². The molecule has 0 saturated carbocycles. The van der Waals surface area contributed by atoms with Crippen LogP contribution in [0, 0.1) is 11.8 Å². The number of urea groups is 1. The molecule has 0 aromatic carbocycles. The SMILES string of the molecule is CCC1CCCN(C(=O)N[C@@H](C(=O)O)C(C)C)C1. The first-order valence-electron chi connectivity index (χ1n) is 6.74. The lowest BCUT2D eigenvalue weighted by Gasteiger charge is -2.33. The van der Waals surface area contributed by atoms with Gasteiger partial charge in [0.25, 0.3) is 0 Å². The number of carboxylic acids is 1. The van der Waals surface area contributed by atoms with Crippen LogP contribution in [-0.2, 0) is 4.79 Å². The van der Waals surface area contributed by atoms with Gasteiger partial charge in [-0.25, -0.2) is 9.59 Å². The molecule has 5 nitrogen and oxygen atoms in total. The van der Waals surface area contributed by atoms with Crippen LogP contribution in [0.2, 0.25) is 0 Å². The van der Waals surface area contributed by atoms with Crippen molar-refractivity contribution in [2.24, 2.45) is 11.8 Å². The summed E-state index contributed by atoms with van der Waals surface area (Å²) in [5.74, 6) is -0.535. The average molecular weight is 256 g/mol. The van der Waals surface area contributed by atoms with Gasteiger partial charge < -0.3 is 15.3 Å². The van der Waals surface area contributed by atoms with Crippen LogP contribution in [0.25, 0.3) is 0 Å². The summed E-state index contributed by atoms with van der Waals surface area (Å²) in [6.45, 7) is 7.19. The van der Waals surface area contributed by atoms with Gasteiger partial charge in [-0.1, -0.05) is 27.2 Å². The summed E-state index contributed by atoms with van der Waals surface area (Å²) >= 11 is 0. The van der Waals surface area contributed by atoms with Crippen molar-refractivity contribution in [1.29, 1.82) is 0 Å². The maximum absolute atomic E-state index is 12.0. The quantitative estimate of drug-likeness (QED) is 0.807. The summed E-state index contributed by atoms with van der Waals surface area (Å²) < 4.78 is 0. The fraction of sp³-hybridized carbons (Fsp3) is 0.846.